The summed E-state index contributed by atoms with van der Waals surface area (Å²) in [5.41, 5.74) is 0.475. The molecule has 2 heterocycles. The van der Waals surface area contributed by atoms with Crippen molar-refractivity contribution in [1.29, 1.82) is 0 Å². The van der Waals surface area contributed by atoms with Crippen molar-refractivity contribution in [2.45, 2.75) is 44.8 Å². The van der Waals surface area contributed by atoms with Crippen LogP contribution in [0.5, 0.6) is 5.75 Å². The van der Waals surface area contributed by atoms with Gasteiger partial charge in [-0.2, -0.15) is 0 Å². The molecule has 2 aromatic heterocycles. The van der Waals surface area contributed by atoms with E-state index >= 15 is 0 Å². The summed E-state index contributed by atoms with van der Waals surface area (Å²) in [5, 5.41) is 5.71. The molecule has 0 unspecified atom stereocenters. The molecule has 146 valence electrons. The Hall–Kier alpha value is -2.38. The molecule has 28 heavy (non-hydrogen) atoms. The molecule has 0 radical (unpaired) electrons. The zero-order valence-corrected chi connectivity index (χ0v) is 16.8. The third-order valence-electron chi connectivity index (χ3n) is 4.84. The number of aryl methyl sites for hydroxylation is 1. The molecule has 8 heteroatoms. The Kier molecular flexibility index (Phi) is 5.64. The Balaban J connectivity index is 1.35. The molecular formula is C20H20ClN3O3S. The number of fused-ring (bicyclic) bond motifs is 1. The zero-order valence-electron chi connectivity index (χ0n) is 15.2. The third kappa shape index (κ3) is 4.20. The molecule has 0 bridgehead atoms. The molecule has 1 aromatic carbocycles. The number of nitrogens with zero attached hydrogens (tertiary/aromatic N) is 2. The van der Waals surface area contributed by atoms with Gasteiger partial charge in [-0.05, 0) is 55.3 Å². The van der Waals surface area contributed by atoms with E-state index in [0.29, 0.717) is 26.7 Å². The second kappa shape index (κ2) is 8.32. The van der Waals surface area contributed by atoms with Crippen molar-refractivity contribution < 1.29 is 9.53 Å². The number of thiophene rings is 1. The summed E-state index contributed by atoms with van der Waals surface area (Å²) in [7, 11) is 0. The van der Waals surface area contributed by atoms with E-state index in [-0.39, 0.29) is 30.5 Å². The number of carbonyl (C=O) groups excluding carboxylic acids is 1. The summed E-state index contributed by atoms with van der Waals surface area (Å²) < 4.78 is 7.38. The van der Waals surface area contributed by atoms with Crippen LogP contribution >= 0.6 is 22.9 Å². The normalized spacial score (nSPS) is 14.5. The number of anilines is 1. The lowest BCUT2D eigenvalue weighted by Crippen LogP contribution is -2.23. The molecule has 1 amide bonds. The largest absolute Gasteiger partial charge is 0.489 e. The number of hydrogen-bond donors (Lipinski definition) is 1. The van der Waals surface area contributed by atoms with Crippen LogP contribution in [0, 0.1) is 0 Å². The van der Waals surface area contributed by atoms with Gasteiger partial charge in [0.15, 0.2) is 0 Å². The van der Waals surface area contributed by atoms with Gasteiger partial charge in [0.25, 0.3) is 5.56 Å². The molecule has 4 rings (SSSR count). The van der Waals surface area contributed by atoms with E-state index in [9.17, 15) is 9.59 Å². The van der Waals surface area contributed by atoms with Gasteiger partial charge in [0, 0.05) is 18.7 Å². The summed E-state index contributed by atoms with van der Waals surface area (Å²) in [4.78, 5) is 29.6. The van der Waals surface area contributed by atoms with Crippen molar-refractivity contribution in [2.24, 2.45) is 0 Å². The van der Waals surface area contributed by atoms with Crippen LogP contribution in [-0.4, -0.2) is 21.6 Å². The first-order valence-corrected chi connectivity index (χ1v) is 10.5. The maximum atomic E-state index is 12.4. The molecule has 1 aliphatic carbocycles. The number of aromatic nitrogens is 2. The Labute approximate surface area is 171 Å². The SMILES string of the molecule is O=C(CCn1cnc2sccc2c1=O)Nc1ccc(OC2CCCC2)c(Cl)c1. The predicted octanol–water partition coefficient (Wildman–Crippen LogP) is 4.46. The molecule has 6 nitrogen and oxygen atoms in total. The van der Waals surface area contributed by atoms with Gasteiger partial charge in [0.1, 0.15) is 10.6 Å². The molecule has 0 atom stereocenters. The van der Waals surface area contributed by atoms with Crippen LogP contribution in [0.3, 0.4) is 0 Å². The van der Waals surface area contributed by atoms with Crippen LogP contribution in [-0.2, 0) is 11.3 Å². The molecule has 1 saturated carbocycles. The fourth-order valence-corrected chi connectivity index (χ4v) is 4.31. The van der Waals surface area contributed by atoms with Crippen LogP contribution in [0.15, 0.2) is 40.8 Å². The first-order valence-electron chi connectivity index (χ1n) is 9.29. The highest BCUT2D eigenvalue weighted by Crippen LogP contribution is 2.31. The molecule has 3 aromatic rings. The summed E-state index contributed by atoms with van der Waals surface area (Å²) in [6, 6.07) is 7.01. The van der Waals surface area contributed by atoms with E-state index in [0.717, 1.165) is 12.8 Å². The summed E-state index contributed by atoms with van der Waals surface area (Å²) >= 11 is 7.72. The number of rotatable bonds is 6. The lowest BCUT2D eigenvalue weighted by Gasteiger charge is -2.15. The van der Waals surface area contributed by atoms with Gasteiger partial charge in [-0.15, -0.1) is 11.3 Å². The third-order valence-corrected chi connectivity index (χ3v) is 5.96. The van der Waals surface area contributed by atoms with Crippen molar-refractivity contribution in [1.82, 2.24) is 9.55 Å². The molecule has 1 N–H and O–H groups in total. The summed E-state index contributed by atoms with van der Waals surface area (Å²) in [6.45, 7) is 0.264. The van der Waals surface area contributed by atoms with E-state index in [4.69, 9.17) is 16.3 Å². The zero-order chi connectivity index (χ0) is 19.5. The van der Waals surface area contributed by atoms with Gasteiger partial charge in [-0.3, -0.25) is 14.2 Å². The van der Waals surface area contributed by atoms with Crippen LogP contribution < -0.4 is 15.6 Å². The first-order chi connectivity index (χ1) is 13.6. The second-order valence-electron chi connectivity index (χ2n) is 6.85. The Morgan fingerprint density at radius 1 is 1.32 bits per heavy atom. The van der Waals surface area contributed by atoms with E-state index in [1.807, 2.05) is 5.38 Å². The highest BCUT2D eigenvalue weighted by molar-refractivity contribution is 7.16. The predicted molar refractivity (Wildman–Crippen MR) is 111 cm³/mol. The van der Waals surface area contributed by atoms with Crippen LogP contribution in [0.25, 0.3) is 10.2 Å². The number of nitrogens with one attached hydrogen (secondary N) is 1. The maximum absolute atomic E-state index is 12.4. The highest BCUT2D eigenvalue weighted by atomic mass is 35.5. The van der Waals surface area contributed by atoms with Gasteiger partial charge in [-0.25, -0.2) is 4.98 Å². The van der Waals surface area contributed by atoms with Crippen molar-refractivity contribution in [2.75, 3.05) is 5.32 Å². The van der Waals surface area contributed by atoms with E-state index in [1.54, 1.807) is 24.3 Å². The van der Waals surface area contributed by atoms with Crippen LogP contribution in [0.2, 0.25) is 5.02 Å². The molecule has 1 aliphatic rings. The van der Waals surface area contributed by atoms with Crippen LogP contribution in [0.4, 0.5) is 5.69 Å². The monoisotopic (exact) mass is 417 g/mol. The lowest BCUT2D eigenvalue weighted by molar-refractivity contribution is -0.116. The maximum Gasteiger partial charge on any atom is 0.262 e. The quantitative estimate of drug-likeness (QED) is 0.642. The topological polar surface area (TPSA) is 73.2 Å². The van der Waals surface area contributed by atoms with Crippen molar-refractivity contribution in [3.63, 3.8) is 0 Å². The summed E-state index contributed by atoms with van der Waals surface area (Å²) in [6.07, 6.45) is 6.36. The van der Waals surface area contributed by atoms with E-state index in [1.165, 1.54) is 35.1 Å². The van der Waals surface area contributed by atoms with Gasteiger partial charge in [0.2, 0.25) is 5.91 Å². The molecule has 0 saturated heterocycles. The molecule has 0 aliphatic heterocycles. The smallest absolute Gasteiger partial charge is 0.262 e. The Morgan fingerprint density at radius 2 is 2.14 bits per heavy atom. The first kappa shape index (κ1) is 19.0. The number of ether oxygens (including phenoxy) is 1. The number of carbonyl (C=O) groups is 1. The van der Waals surface area contributed by atoms with Crippen molar-refractivity contribution in [3.05, 3.63) is 51.3 Å². The Morgan fingerprint density at radius 3 is 2.93 bits per heavy atom. The van der Waals surface area contributed by atoms with Crippen molar-refractivity contribution >= 4 is 44.7 Å². The average Bonchev–Trinajstić information content (AvgIpc) is 3.35. The minimum absolute atomic E-state index is 0.129. The fourth-order valence-electron chi connectivity index (χ4n) is 3.36. The van der Waals surface area contributed by atoms with Crippen molar-refractivity contribution in [3.8, 4) is 5.75 Å². The Bertz CT molecular complexity index is 1060. The molecule has 0 spiro atoms. The van der Waals surface area contributed by atoms with Gasteiger partial charge in [-0.1, -0.05) is 11.6 Å². The highest BCUT2D eigenvalue weighted by Gasteiger charge is 2.18. The van der Waals surface area contributed by atoms with Gasteiger partial charge in [0.05, 0.1) is 22.8 Å². The number of hydrogen-bond acceptors (Lipinski definition) is 5. The minimum atomic E-state index is -0.196. The number of amides is 1. The van der Waals surface area contributed by atoms with E-state index in [2.05, 4.69) is 10.3 Å². The average molecular weight is 418 g/mol. The molecular weight excluding hydrogens is 398 g/mol. The lowest BCUT2D eigenvalue weighted by atomic mass is 10.2. The number of halogens is 1. The minimum Gasteiger partial charge on any atom is -0.489 e. The van der Waals surface area contributed by atoms with Crippen LogP contribution in [0.1, 0.15) is 32.1 Å². The number of benzene rings is 1. The van der Waals surface area contributed by atoms with Gasteiger partial charge >= 0.3 is 0 Å². The van der Waals surface area contributed by atoms with E-state index < -0.39 is 0 Å². The summed E-state index contributed by atoms with van der Waals surface area (Å²) in [5.74, 6) is 0.450. The molecule has 1 fully saturated rings. The standard InChI is InChI=1S/C20H20ClN3O3S/c21-16-11-13(5-6-17(16)27-14-3-1-2-4-14)23-18(25)7-9-24-12-22-19-15(20(24)26)8-10-28-19/h5-6,8,10-12,14H,1-4,7,9H2,(H,23,25). The second-order valence-corrected chi connectivity index (χ2v) is 8.15. The fraction of sp³-hybridized carbons (Fsp3) is 0.350. The van der Waals surface area contributed by atoms with Gasteiger partial charge < -0.3 is 10.1 Å².